The Labute approximate surface area is 186 Å². The van der Waals surface area contributed by atoms with Gasteiger partial charge in [0.05, 0.1) is 26.3 Å². The Morgan fingerprint density at radius 2 is 1.80 bits per heavy atom. The van der Waals surface area contributed by atoms with Crippen LogP contribution < -0.4 is 20.1 Å². The van der Waals surface area contributed by atoms with Crippen LogP contribution in [0.15, 0.2) is 47.4 Å². The second-order valence-corrected chi connectivity index (χ2v) is 8.54. The lowest BCUT2D eigenvalue weighted by atomic mass is 10.2. The fraction of sp³-hybridized carbons (Fsp3) is 0.263. The lowest BCUT2D eigenvalue weighted by Gasteiger charge is -2.25. The Bertz CT molecular complexity index is 1030. The van der Waals surface area contributed by atoms with Gasteiger partial charge < -0.3 is 20.1 Å². The summed E-state index contributed by atoms with van der Waals surface area (Å²) in [6.45, 7) is -0.112. The van der Waals surface area contributed by atoms with E-state index in [1.807, 2.05) is 0 Å². The van der Waals surface area contributed by atoms with Gasteiger partial charge in [0.25, 0.3) is 15.9 Å². The Balaban J connectivity index is 2.21. The van der Waals surface area contributed by atoms with Crippen LogP contribution in [0.1, 0.15) is 10.4 Å². The van der Waals surface area contributed by atoms with Gasteiger partial charge in [-0.1, -0.05) is 23.7 Å². The Morgan fingerprint density at radius 1 is 1.13 bits per heavy atom. The van der Waals surface area contributed by atoms with Crippen molar-refractivity contribution >= 4 is 44.9 Å². The molecule has 0 fully saturated rings. The average Bonchev–Trinajstić information content (AvgIpc) is 2.75. The highest BCUT2D eigenvalue weighted by Crippen LogP contribution is 2.26. The number of carbonyl (C=O) groups is 1. The molecular formula is C19H22ClN3O5S2. The molecule has 0 aliphatic heterocycles. The summed E-state index contributed by atoms with van der Waals surface area (Å²) >= 11 is 11.1. The highest BCUT2D eigenvalue weighted by Gasteiger charge is 2.29. The van der Waals surface area contributed by atoms with E-state index in [2.05, 4.69) is 10.6 Å². The molecule has 11 heteroatoms. The van der Waals surface area contributed by atoms with Gasteiger partial charge >= 0.3 is 0 Å². The lowest BCUT2D eigenvalue weighted by Crippen LogP contribution is -2.46. The molecule has 8 nitrogen and oxygen atoms in total. The van der Waals surface area contributed by atoms with Crippen LogP contribution >= 0.6 is 23.8 Å². The number of nitrogens with one attached hydrogen (secondary N) is 2. The zero-order chi connectivity index (χ0) is 22.3. The molecule has 0 saturated carbocycles. The second kappa shape index (κ2) is 10.5. The number of hydrogen-bond donors (Lipinski definition) is 2. The van der Waals surface area contributed by atoms with Crippen molar-refractivity contribution < 1.29 is 22.7 Å². The third kappa shape index (κ3) is 5.32. The monoisotopic (exact) mass is 471 g/mol. The maximum atomic E-state index is 13.2. The largest absolute Gasteiger partial charge is 0.496 e. The van der Waals surface area contributed by atoms with Crippen molar-refractivity contribution in [1.29, 1.82) is 0 Å². The fourth-order valence-corrected chi connectivity index (χ4v) is 4.72. The standard InChI is InChI=1S/C19H22ClN3O5S2/c1-21-19(29)23(30(25,26)17-7-5-4-6-16(17)28-3)11-10-22-18(24)14-12-13(20)8-9-15(14)27-2/h4-9,12H,10-11H2,1-3H3,(H,21,29)(H,22,24). The third-order valence-corrected chi connectivity index (χ3v) is 6.70. The molecule has 2 aromatic carbocycles. The Kier molecular flexibility index (Phi) is 8.27. The van der Waals surface area contributed by atoms with E-state index in [-0.39, 0.29) is 34.4 Å². The molecule has 0 aromatic heterocycles. The summed E-state index contributed by atoms with van der Waals surface area (Å²) in [5.74, 6) is 0.0783. The van der Waals surface area contributed by atoms with Crippen molar-refractivity contribution in [2.45, 2.75) is 4.90 Å². The number of carbonyl (C=O) groups excluding carboxylic acids is 1. The van der Waals surface area contributed by atoms with Crippen LogP contribution in [-0.4, -0.2) is 58.1 Å². The van der Waals surface area contributed by atoms with Gasteiger partial charge in [-0.25, -0.2) is 12.7 Å². The van der Waals surface area contributed by atoms with Crippen molar-refractivity contribution in [3.05, 3.63) is 53.1 Å². The molecule has 0 unspecified atom stereocenters. The van der Waals surface area contributed by atoms with Crippen LogP contribution in [-0.2, 0) is 10.0 Å². The first kappa shape index (κ1) is 23.7. The van der Waals surface area contributed by atoms with Crippen LogP contribution in [0.4, 0.5) is 0 Å². The molecule has 0 radical (unpaired) electrons. The van der Waals surface area contributed by atoms with Crippen LogP contribution in [0.2, 0.25) is 5.02 Å². The van der Waals surface area contributed by atoms with Gasteiger partial charge in [-0.3, -0.25) is 4.79 Å². The number of para-hydroxylation sites is 1. The Hall–Kier alpha value is -2.56. The number of benzene rings is 2. The molecule has 0 bridgehead atoms. The van der Waals surface area contributed by atoms with Crippen LogP contribution in [0.3, 0.4) is 0 Å². The predicted molar refractivity (Wildman–Crippen MR) is 119 cm³/mol. The number of ether oxygens (including phenoxy) is 2. The van der Waals surface area contributed by atoms with Gasteiger partial charge in [0, 0.05) is 18.6 Å². The number of rotatable bonds is 8. The average molecular weight is 472 g/mol. The van der Waals surface area contributed by atoms with E-state index in [1.54, 1.807) is 30.3 Å². The van der Waals surface area contributed by atoms with Crippen molar-refractivity contribution in [1.82, 2.24) is 14.9 Å². The quantitative estimate of drug-likeness (QED) is 0.570. The molecule has 162 valence electrons. The predicted octanol–water partition coefficient (Wildman–Crippen LogP) is 2.28. The summed E-state index contributed by atoms with van der Waals surface area (Å²) in [5.41, 5.74) is 0.236. The maximum Gasteiger partial charge on any atom is 0.269 e. The molecule has 1 amide bonds. The third-order valence-electron chi connectivity index (χ3n) is 4.08. The van der Waals surface area contributed by atoms with Gasteiger partial charge in [-0.2, -0.15) is 0 Å². The highest BCUT2D eigenvalue weighted by atomic mass is 35.5. The highest BCUT2D eigenvalue weighted by molar-refractivity contribution is 7.91. The zero-order valence-electron chi connectivity index (χ0n) is 16.6. The number of halogens is 1. The van der Waals surface area contributed by atoms with Gasteiger partial charge in [-0.15, -0.1) is 0 Å². The lowest BCUT2D eigenvalue weighted by molar-refractivity contribution is 0.0950. The van der Waals surface area contributed by atoms with Crippen LogP contribution in [0.25, 0.3) is 0 Å². The first-order valence-corrected chi connectivity index (χ1v) is 11.0. The summed E-state index contributed by atoms with van der Waals surface area (Å²) in [7, 11) is 0.307. The van der Waals surface area contributed by atoms with Crippen LogP contribution in [0, 0.1) is 0 Å². The van der Waals surface area contributed by atoms with Gasteiger partial charge in [0.2, 0.25) is 0 Å². The molecule has 2 N–H and O–H groups in total. The van der Waals surface area contributed by atoms with E-state index >= 15 is 0 Å². The van der Waals surface area contributed by atoms with Crippen molar-refractivity contribution in [2.24, 2.45) is 0 Å². The number of methoxy groups -OCH3 is 2. The number of sulfonamides is 1. The zero-order valence-corrected chi connectivity index (χ0v) is 19.0. The maximum absolute atomic E-state index is 13.2. The van der Waals surface area contributed by atoms with E-state index in [0.717, 1.165) is 4.31 Å². The minimum absolute atomic E-state index is 0.00923. The normalized spacial score (nSPS) is 10.8. The van der Waals surface area contributed by atoms with Crippen molar-refractivity contribution in [2.75, 3.05) is 34.4 Å². The molecule has 0 heterocycles. The summed E-state index contributed by atoms with van der Waals surface area (Å²) in [4.78, 5) is 12.5. The van der Waals surface area contributed by atoms with Gasteiger partial charge in [-0.05, 0) is 42.5 Å². The van der Waals surface area contributed by atoms with Crippen molar-refractivity contribution in [3.8, 4) is 11.5 Å². The van der Waals surface area contributed by atoms with E-state index in [9.17, 15) is 13.2 Å². The number of nitrogens with zero attached hydrogens (tertiary/aromatic N) is 1. The molecule has 0 aliphatic rings. The molecule has 0 spiro atoms. The van der Waals surface area contributed by atoms with Gasteiger partial charge in [0.15, 0.2) is 5.11 Å². The molecule has 30 heavy (non-hydrogen) atoms. The minimum atomic E-state index is -4.03. The second-order valence-electron chi connectivity index (χ2n) is 5.88. The molecule has 0 aliphatic carbocycles. The van der Waals surface area contributed by atoms with Crippen molar-refractivity contribution in [3.63, 3.8) is 0 Å². The summed E-state index contributed by atoms with van der Waals surface area (Å²) in [6.07, 6.45) is 0. The van der Waals surface area contributed by atoms with E-state index in [0.29, 0.717) is 10.8 Å². The number of thiocarbonyl (C=S) groups is 1. The molecular weight excluding hydrogens is 450 g/mol. The fourth-order valence-electron chi connectivity index (χ4n) is 2.63. The summed E-state index contributed by atoms with van der Waals surface area (Å²) in [5, 5.41) is 5.68. The van der Waals surface area contributed by atoms with E-state index in [1.165, 1.54) is 33.4 Å². The summed E-state index contributed by atoms with van der Waals surface area (Å²) < 4.78 is 37.7. The van der Waals surface area contributed by atoms with E-state index in [4.69, 9.17) is 33.3 Å². The molecule has 2 aromatic rings. The smallest absolute Gasteiger partial charge is 0.269 e. The molecule has 2 rings (SSSR count). The molecule has 0 saturated heterocycles. The van der Waals surface area contributed by atoms with Crippen LogP contribution in [0.5, 0.6) is 11.5 Å². The first-order chi connectivity index (χ1) is 14.3. The van der Waals surface area contributed by atoms with Gasteiger partial charge in [0.1, 0.15) is 16.4 Å². The minimum Gasteiger partial charge on any atom is -0.496 e. The first-order valence-electron chi connectivity index (χ1n) is 8.75. The summed E-state index contributed by atoms with van der Waals surface area (Å²) in [6, 6.07) is 10.9. The Morgan fingerprint density at radius 3 is 2.43 bits per heavy atom. The number of hydrogen-bond acceptors (Lipinski definition) is 6. The SMILES string of the molecule is CNC(=S)N(CCNC(=O)c1cc(Cl)ccc1OC)S(=O)(=O)c1ccccc1OC. The number of amides is 1. The van der Waals surface area contributed by atoms with E-state index < -0.39 is 15.9 Å². The molecule has 0 atom stereocenters. The topological polar surface area (TPSA) is 97.0 Å².